The number of amides is 1. The number of aliphatic hydroxyl groups excluding tert-OH is 1. The fourth-order valence-corrected chi connectivity index (χ4v) is 3.80. The number of carbonyl (C=O) groups excluding carboxylic acids is 2. The van der Waals surface area contributed by atoms with Crippen molar-refractivity contribution in [1.29, 1.82) is 0 Å². The van der Waals surface area contributed by atoms with Gasteiger partial charge in [0.25, 0.3) is 11.7 Å². The highest BCUT2D eigenvalue weighted by Crippen LogP contribution is 2.45. The molecule has 1 saturated heterocycles. The van der Waals surface area contributed by atoms with Crippen LogP contribution in [0.25, 0.3) is 5.76 Å². The van der Waals surface area contributed by atoms with E-state index in [0.717, 1.165) is 10.5 Å². The third kappa shape index (κ3) is 3.34. The molecule has 1 aliphatic heterocycles. The summed E-state index contributed by atoms with van der Waals surface area (Å²) in [6.45, 7) is 3.57. The summed E-state index contributed by atoms with van der Waals surface area (Å²) in [4.78, 5) is 27.3. The summed E-state index contributed by atoms with van der Waals surface area (Å²) < 4.78 is 10.7. The molecule has 1 aliphatic rings. The minimum atomic E-state index is -1.04. The summed E-state index contributed by atoms with van der Waals surface area (Å²) in [5.74, 6) is -1.33. The van der Waals surface area contributed by atoms with E-state index < -0.39 is 17.7 Å². The van der Waals surface area contributed by atoms with Crippen LogP contribution < -0.4 is 9.64 Å². The lowest BCUT2D eigenvalue weighted by atomic mass is 9.96. The van der Waals surface area contributed by atoms with Crippen molar-refractivity contribution >= 4 is 23.1 Å². The molecular formula is C24H21NO6. The summed E-state index contributed by atoms with van der Waals surface area (Å²) >= 11 is 0. The normalized spacial score (nSPS) is 17.9. The number of furan rings is 1. The zero-order valence-corrected chi connectivity index (χ0v) is 17.2. The van der Waals surface area contributed by atoms with Gasteiger partial charge in [-0.3, -0.25) is 14.5 Å². The fraction of sp³-hybridized carbons (Fsp3) is 0.167. The van der Waals surface area contributed by atoms with E-state index in [-0.39, 0.29) is 28.5 Å². The molecule has 0 radical (unpaired) electrons. The van der Waals surface area contributed by atoms with Crippen LogP contribution in [-0.4, -0.2) is 29.0 Å². The first-order chi connectivity index (χ1) is 14.8. The van der Waals surface area contributed by atoms with E-state index in [0.29, 0.717) is 16.9 Å². The standard InChI is InChI=1S/C24H21NO6/c1-13-6-9-18(26)17(11-13)25-21(19-5-4-10-31-19)20(23(28)24(25)29)22(27)16-8-7-15(30-3)12-14(16)2/h4-12,21,26-27H,1-3H3/b22-20-. The second kappa shape index (κ2) is 7.68. The maximum absolute atomic E-state index is 13.1. The van der Waals surface area contributed by atoms with E-state index >= 15 is 0 Å². The molecule has 7 heteroatoms. The number of hydrogen-bond acceptors (Lipinski definition) is 6. The van der Waals surface area contributed by atoms with Crippen molar-refractivity contribution in [2.75, 3.05) is 12.0 Å². The number of ether oxygens (including phenoxy) is 1. The third-order valence-corrected chi connectivity index (χ3v) is 5.34. The van der Waals surface area contributed by atoms with Gasteiger partial charge in [0.05, 0.1) is 24.6 Å². The Hall–Kier alpha value is -4.00. The van der Waals surface area contributed by atoms with Crippen LogP contribution in [0.4, 0.5) is 5.69 Å². The molecule has 2 aromatic carbocycles. The molecule has 0 bridgehead atoms. The van der Waals surface area contributed by atoms with Crippen LogP contribution in [0.2, 0.25) is 0 Å². The number of hydrogen-bond donors (Lipinski definition) is 2. The Balaban J connectivity index is 1.95. The van der Waals surface area contributed by atoms with Gasteiger partial charge in [-0.25, -0.2) is 0 Å². The number of rotatable bonds is 4. The lowest BCUT2D eigenvalue weighted by molar-refractivity contribution is -0.132. The maximum Gasteiger partial charge on any atom is 0.300 e. The number of aliphatic hydroxyl groups is 1. The third-order valence-electron chi connectivity index (χ3n) is 5.34. The Morgan fingerprint density at radius 3 is 2.52 bits per heavy atom. The fourth-order valence-electron chi connectivity index (χ4n) is 3.80. The number of anilines is 1. The van der Waals surface area contributed by atoms with Gasteiger partial charge in [-0.05, 0) is 67.4 Å². The van der Waals surface area contributed by atoms with Gasteiger partial charge in [-0.15, -0.1) is 0 Å². The van der Waals surface area contributed by atoms with Gasteiger partial charge in [-0.2, -0.15) is 0 Å². The molecule has 2 N–H and O–H groups in total. The predicted molar refractivity (Wildman–Crippen MR) is 114 cm³/mol. The number of phenolic OH excluding ortho intramolecular Hbond substituents is 1. The van der Waals surface area contributed by atoms with Crippen LogP contribution in [0, 0.1) is 13.8 Å². The number of Topliss-reactive ketones (excluding diaryl/α,β-unsaturated/α-hetero) is 1. The smallest absolute Gasteiger partial charge is 0.300 e. The number of methoxy groups -OCH3 is 1. The zero-order valence-electron chi connectivity index (χ0n) is 17.2. The quantitative estimate of drug-likeness (QED) is 0.373. The molecule has 4 rings (SSSR count). The van der Waals surface area contributed by atoms with Gasteiger partial charge in [0, 0.05) is 5.56 Å². The summed E-state index contributed by atoms with van der Waals surface area (Å²) in [6, 6.07) is 12.0. The number of aromatic hydroxyl groups is 1. The van der Waals surface area contributed by atoms with Crippen LogP contribution in [0.5, 0.6) is 11.5 Å². The molecule has 1 unspecified atom stereocenters. The zero-order chi connectivity index (χ0) is 22.3. The molecule has 3 aromatic rings. The largest absolute Gasteiger partial charge is 0.507 e. The molecule has 1 atom stereocenters. The Bertz CT molecular complexity index is 1210. The number of nitrogens with zero attached hydrogens (tertiary/aromatic N) is 1. The minimum Gasteiger partial charge on any atom is -0.507 e. The summed E-state index contributed by atoms with van der Waals surface area (Å²) in [6.07, 6.45) is 1.42. The highest BCUT2D eigenvalue weighted by molar-refractivity contribution is 6.51. The number of ketones is 1. The number of phenols is 1. The van der Waals surface area contributed by atoms with Gasteiger partial charge in [0.15, 0.2) is 0 Å². The van der Waals surface area contributed by atoms with E-state index in [9.17, 15) is 19.8 Å². The molecule has 31 heavy (non-hydrogen) atoms. The predicted octanol–water partition coefficient (Wildman–Crippen LogP) is 4.24. The average Bonchev–Trinajstić information content (AvgIpc) is 3.36. The first-order valence-electron chi connectivity index (χ1n) is 9.62. The SMILES string of the molecule is COc1ccc(/C(O)=C2/C(=O)C(=O)N(c3cc(C)ccc3O)C2c2ccco2)c(C)c1. The number of aryl methyl sites for hydroxylation is 2. The van der Waals surface area contributed by atoms with Crippen molar-refractivity contribution in [3.8, 4) is 11.5 Å². The Labute approximate surface area is 178 Å². The minimum absolute atomic E-state index is 0.117. The molecular weight excluding hydrogens is 398 g/mol. The molecule has 2 heterocycles. The van der Waals surface area contributed by atoms with Crippen LogP contribution in [0.1, 0.15) is 28.5 Å². The van der Waals surface area contributed by atoms with Gasteiger partial charge in [0.2, 0.25) is 0 Å². The van der Waals surface area contributed by atoms with Crippen molar-refractivity contribution in [3.05, 3.63) is 82.8 Å². The van der Waals surface area contributed by atoms with Crippen LogP contribution in [0.15, 0.2) is 64.8 Å². The Morgan fingerprint density at radius 2 is 1.87 bits per heavy atom. The van der Waals surface area contributed by atoms with E-state index in [4.69, 9.17) is 9.15 Å². The Kier molecular flexibility index (Phi) is 5.02. The average molecular weight is 419 g/mol. The molecule has 1 fully saturated rings. The van der Waals surface area contributed by atoms with Crippen LogP contribution in [0.3, 0.4) is 0 Å². The topological polar surface area (TPSA) is 100 Å². The first-order valence-corrected chi connectivity index (χ1v) is 9.62. The number of carbonyl (C=O) groups is 2. The second-order valence-corrected chi connectivity index (χ2v) is 7.36. The van der Waals surface area contributed by atoms with E-state index in [1.54, 1.807) is 49.4 Å². The molecule has 0 saturated carbocycles. The molecule has 1 aromatic heterocycles. The van der Waals surface area contributed by atoms with Crippen LogP contribution >= 0.6 is 0 Å². The molecule has 1 amide bonds. The van der Waals surface area contributed by atoms with Gasteiger partial charge < -0.3 is 19.4 Å². The molecule has 7 nitrogen and oxygen atoms in total. The lowest BCUT2D eigenvalue weighted by Gasteiger charge is -2.24. The van der Waals surface area contributed by atoms with E-state index in [1.165, 1.54) is 19.4 Å². The molecule has 0 aliphatic carbocycles. The van der Waals surface area contributed by atoms with Crippen molar-refractivity contribution < 1.29 is 29.0 Å². The highest BCUT2D eigenvalue weighted by Gasteiger charge is 2.49. The Morgan fingerprint density at radius 1 is 1.10 bits per heavy atom. The van der Waals surface area contributed by atoms with Gasteiger partial charge in [0.1, 0.15) is 29.1 Å². The highest BCUT2D eigenvalue weighted by atomic mass is 16.5. The first kappa shape index (κ1) is 20.3. The number of benzene rings is 2. The summed E-state index contributed by atoms with van der Waals surface area (Å²) in [5, 5.41) is 21.6. The van der Waals surface area contributed by atoms with Crippen LogP contribution in [-0.2, 0) is 9.59 Å². The second-order valence-electron chi connectivity index (χ2n) is 7.36. The summed E-state index contributed by atoms with van der Waals surface area (Å²) in [5.41, 5.74) is 1.89. The molecule has 158 valence electrons. The monoisotopic (exact) mass is 419 g/mol. The summed E-state index contributed by atoms with van der Waals surface area (Å²) in [7, 11) is 1.53. The van der Waals surface area contributed by atoms with Crippen molar-refractivity contribution in [2.45, 2.75) is 19.9 Å². The maximum atomic E-state index is 13.1. The van der Waals surface area contributed by atoms with E-state index in [1.807, 2.05) is 6.92 Å². The lowest BCUT2D eigenvalue weighted by Crippen LogP contribution is -2.29. The van der Waals surface area contributed by atoms with Crippen molar-refractivity contribution in [1.82, 2.24) is 0 Å². The molecule has 0 spiro atoms. The van der Waals surface area contributed by atoms with Gasteiger partial charge >= 0.3 is 0 Å². The van der Waals surface area contributed by atoms with E-state index in [2.05, 4.69) is 0 Å². The van der Waals surface area contributed by atoms with Crippen molar-refractivity contribution in [3.63, 3.8) is 0 Å². The van der Waals surface area contributed by atoms with Crippen molar-refractivity contribution in [2.24, 2.45) is 0 Å². The van der Waals surface area contributed by atoms with Gasteiger partial charge in [-0.1, -0.05) is 6.07 Å².